The molecule has 212 valence electrons. The predicted octanol–water partition coefficient (Wildman–Crippen LogP) is 5.47. The molecule has 0 heterocycles. The van der Waals surface area contributed by atoms with Gasteiger partial charge in [0.2, 0.25) is 0 Å². The molecule has 0 fully saturated rings. The van der Waals surface area contributed by atoms with Crippen LogP contribution in [-0.4, -0.2) is 40.4 Å². The first-order valence-electron chi connectivity index (χ1n) is 12.6. The molecular weight excluding hydrogens is 524 g/mol. The van der Waals surface area contributed by atoms with Crippen molar-refractivity contribution in [2.45, 2.75) is 6.04 Å². The number of benzene rings is 4. The maximum atomic E-state index is 13.2. The summed E-state index contributed by atoms with van der Waals surface area (Å²) in [6, 6.07) is 23.4. The van der Waals surface area contributed by atoms with Crippen LogP contribution in [0, 0.1) is 0 Å². The van der Waals surface area contributed by atoms with E-state index >= 15 is 0 Å². The Balaban J connectivity index is 1.61. The second-order valence-electron chi connectivity index (χ2n) is 8.88. The third-order valence-electron chi connectivity index (χ3n) is 6.37. The Labute approximate surface area is 238 Å². The number of amides is 3. The fourth-order valence-corrected chi connectivity index (χ4v) is 4.24. The lowest BCUT2D eigenvalue weighted by Crippen LogP contribution is -2.33. The van der Waals surface area contributed by atoms with E-state index in [0.717, 1.165) is 11.1 Å². The van der Waals surface area contributed by atoms with Gasteiger partial charge in [-0.15, -0.1) is 0 Å². The van der Waals surface area contributed by atoms with E-state index in [9.17, 15) is 9.59 Å². The molecular formula is C31H32N4O6. The van der Waals surface area contributed by atoms with Crippen molar-refractivity contribution in [3.05, 3.63) is 102 Å². The van der Waals surface area contributed by atoms with Gasteiger partial charge in [0.15, 0.2) is 23.0 Å². The minimum absolute atomic E-state index is 0.309. The summed E-state index contributed by atoms with van der Waals surface area (Å²) in [5, 5.41) is 8.67. The molecule has 10 nitrogen and oxygen atoms in total. The van der Waals surface area contributed by atoms with Crippen molar-refractivity contribution in [1.82, 2.24) is 5.32 Å². The molecule has 4 aromatic rings. The molecule has 1 unspecified atom stereocenters. The molecule has 0 aromatic heterocycles. The van der Waals surface area contributed by atoms with Crippen LogP contribution in [0.2, 0.25) is 0 Å². The smallest absolute Gasteiger partial charge is 0.319 e. The average molecular weight is 557 g/mol. The van der Waals surface area contributed by atoms with Crippen LogP contribution >= 0.6 is 0 Å². The van der Waals surface area contributed by atoms with E-state index < -0.39 is 12.1 Å². The standard InChI is InChI=1S/C31H32N4O6/c1-38-25-15-13-21(17-27(25)40-3)29(35-31(37)33-22-14-16-26(39-2)28(18-22)41-4)19-9-11-20(12-10-19)30(36)34-24-8-6-5-7-23(24)32/h5-18,29H,32H2,1-4H3,(H,34,36)(H2,33,35,37). The number of urea groups is 1. The van der Waals surface area contributed by atoms with Crippen LogP contribution in [0.25, 0.3) is 0 Å². The number of nitrogen functional groups attached to an aromatic ring is 1. The average Bonchev–Trinajstić information content (AvgIpc) is 3.00. The van der Waals surface area contributed by atoms with Crippen molar-refractivity contribution >= 4 is 29.0 Å². The summed E-state index contributed by atoms with van der Waals surface area (Å²) in [7, 11) is 6.16. The Morgan fingerprint density at radius 2 is 1.24 bits per heavy atom. The first-order valence-corrected chi connectivity index (χ1v) is 12.6. The number of rotatable bonds is 10. The lowest BCUT2D eigenvalue weighted by atomic mass is 9.97. The first kappa shape index (κ1) is 28.6. The highest BCUT2D eigenvalue weighted by molar-refractivity contribution is 6.05. The van der Waals surface area contributed by atoms with E-state index in [1.165, 1.54) is 14.2 Å². The quantitative estimate of drug-likeness (QED) is 0.191. The van der Waals surface area contributed by atoms with Crippen LogP contribution in [0.5, 0.6) is 23.0 Å². The highest BCUT2D eigenvalue weighted by Crippen LogP contribution is 2.33. The minimum atomic E-state index is -0.600. The Bertz CT molecular complexity index is 1520. The lowest BCUT2D eigenvalue weighted by molar-refractivity contribution is 0.102. The Hall–Kier alpha value is -5.38. The molecule has 0 saturated carbocycles. The number of carbonyl (C=O) groups is 2. The third kappa shape index (κ3) is 6.80. The summed E-state index contributed by atoms with van der Waals surface area (Å²) in [5.41, 5.74) is 9.36. The Morgan fingerprint density at radius 1 is 0.659 bits per heavy atom. The van der Waals surface area contributed by atoms with Gasteiger partial charge >= 0.3 is 6.03 Å². The van der Waals surface area contributed by atoms with Crippen LogP contribution in [0.3, 0.4) is 0 Å². The molecule has 0 aliphatic heterocycles. The van der Waals surface area contributed by atoms with Crippen molar-refractivity contribution in [3.8, 4) is 23.0 Å². The van der Waals surface area contributed by atoms with Gasteiger partial charge in [0.05, 0.1) is 45.9 Å². The van der Waals surface area contributed by atoms with Gasteiger partial charge in [-0.05, 0) is 59.7 Å². The summed E-state index contributed by atoms with van der Waals surface area (Å²) in [6.07, 6.45) is 0. The van der Waals surface area contributed by atoms with E-state index in [0.29, 0.717) is 45.6 Å². The normalized spacial score (nSPS) is 11.1. The van der Waals surface area contributed by atoms with Crippen molar-refractivity contribution in [2.75, 3.05) is 44.8 Å². The monoisotopic (exact) mass is 556 g/mol. The molecule has 3 amide bonds. The third-order valence-corrected chi connectivity index (χ3v) is 6.37. The topological polar surface area (TPSA) is 133 Å². The molecule has 0 saturated heterocycles. The second kappa shape index (κ2) is 13.1. The summed E-state index contributed by atoms with van der Waals surface area (Å²) >= 11 is 0. The van der Waals surface area contributed by atoms with Gasteiger partial charge in [-0.2, -0.15) is 0 Å². The van der Waals surface area contributed by atoms with Crippen molar-refractivity contribution in [1.29, 1.82) is 0 Å². The molecule has 41 heavy (non-hydrogen) atoms. The highest BCUT2D eigenvalue weighted by atomic mass is 16.5. The Morgan fingerprint density at radius 3 is 1.88 bits per heavy atom. The maximum Gasteiger partial charge on any atom is 0.319 e. The summed E-state index contributed by atoms with van der Waals surface area (Å²) < 4.78 is 21.5. The fourth-order valence-electron chi connectivity index (χ4n) is 4.24. The lowest BCUT2D eigenvalue weighted by Gasteiger charge is -2.22. The predicted molar refractivity (Wildman–Crippen MR) is 158 cm³/mol. The number of ether oxygens (including phenoxy) is 4. The molecule has 0 bridgehead atoms. The summed E-state index contributed by atoms with van der Waals surface area (Å²) in [6.45, 7) is 0. The SMILES string of the molecule is COc1ccc(NC(=O)NC(c2ccc(C(=O)Nc3ccccc3N)cc2)c2ccc(OC)c(OC)c2)cc1OC. The number of hydrogen-bond donors (Lipinski definition) is 4. The van der Waals surface area contributed by atoms with E-state index in [4.69, 9.17) is 24.7 Å². The van der Waals surface area contributed by atoms with Crippen LogP contribution < -0.4 is 40.6 Å². The van der Waals surface area contributed by atoms with E-state index in [1.807, 2.05) is 6.07 Å². The van der Waals surface area contributed by atoms with Crippen LogP contribution in [0.15, 0.2) is 84.9 Å². The molecule has 1 atom stereocenters. The first-order chi connectivity index (χ1) is 19.9. The molecule has 0 aliphatic carbocycles. The zero-order valence-electron chi connectivity index (χ0n) is 23.2. The molecule has 0 radical (unpaired) electrons. The number of nitrogens with one attached hydrogen (secondary N) is 3. The van der Waals surface area contributed by atoms with Crippen LogP contribution in [0.4, 0.5) is 21.9 Å². The highest BCUT2D eigenvalue weighted by Gasteiger charge is 2.20. The van der Waals surface area contributed by atoms with Crippen LogP contribution in [-0.2, 0) is 0 Å². The molecule has 0 spiro atoms. The minimum Gasteiger partial charge on any atom is -0.493 e. The van der Waals surface area contributed by atoms with Crippen molar-refractivity contribution in [2.24, 2.45) is 0 Å². The molecule has 0 aliphatic rings. The molecule has 5 N–H and O–H groups in total. The van der Waals surface area contributed by atoms with Crippen LogP contribution in [0.1, 0.15) is 27.5 Å². The van der Waals surface area contributed by atoms with Gasteiger partial charge in [0.25, 0.3) is 5.91 Å². The van der Waals surface area contributed by atoms with Crippen molar-refractivity contribution in [3.63, 3.8) is 0 Å². The Kier molecular flexibility index (Phi) is 9.16. The van der Waals surface area contributed by atoms with Gasteiger partial charge in [0, 0.05) is 17.3 Å². The second-order valence-corrected chi connectivity index (χ2v) is 8.88. The number of methoxy groups -OCH3 is 4. The van der Waals surface area contributed by atoms with E-state index in [2.05, 4.69) is 16.0 Å². The molecule has 4 rings (SSSR count). The van der Waals surface area contributed by atoms with Gasteiger partial charge in [0.1, 0.15) is 0 Å². The van der Waals surface area contributed by atoms with Gasteiger partial charge < -0.3 is 40.6 Å². The number of nitrogens with two attached hydrogens (primary N) is 1. The summed E-state index contributed by atoms with van der Waals surface area (Å²) in [5.74, 6) is 1.77. The van der Waals surface area contributed by atoms with Crippen molar-refractivity contribution < 1.29 is 28.5 Å². The zero-order chi connectivity index (χ0) is 29.4. The van der Waals surface area contributed by atoms with E-state index in [-0.39, 0.29) is 5.91 Å². The molecule has 4 aromatic carbocycles. The van der Waals surface area contributed by atoms with Gasteiger partial charge in [-0.25, -0.2) is 4.79 Å². The van der Waals surface area contributed by atoms with Gasteiger partial charge in [-0.1, -0.05) is 30.3 Å². The maximum absolute atomic E-state index is 13.2. The van der Waals surface area contributed by atoms with E-state index in [1.54, 1.807) is 93.1 Å². The summed E-state index contributed by atoms with van der Waals surface area (Å²) in [4.78, 5) is 26.0. The largest absolute Gasteiger partial charge is 0.493 e. The number of anilines is 3. The molecule has 10 heteroatoms. The fraction of sp³-hybridized carbons (Fsp3) is 0.161. The zero-order valence-corrected chi connectivity index (χ0v) is 23.2. The number of carbonyl (C=O) groups excluding carboxylic acids is 2. The van der Waals surface area contributed by atoms with Gasteiger partial charge in [-0.3, -0.25) is 4.79 Å². The number of hydrogen-bond acceptors (Lipinski definition) is 7. The number of para-hydroxylation sites is 2.